The highest BCUT2D eigenvalue weighted by atomic mass is 16.5. The third-order valence-electron chi connectivity index (χ3n) is 4.16. The summed E-state index contributed by atoms with van der Waals surface area (Å²) in [6.45, 7) is 4.20. The van der Waals surface area contributed by atoms with Crippen molar-refractivity contribution in [3.05, 3.63) is 24.4 Å². The van der Waals surface area contributed by atoms with E-state index in [1.54, 1.807) is 20.4 Å². The van der Waals surface area contributed by atoms with Crippen molar-refractivity contribution >= 4 is 17.5 Å². The van der Waals surface area contributed by atoms with Gasteiger partial charge in [0.2, 0.25) is 5.95 Å². The predicted octanol–water partition coefficient (Wildman–Crippen LogP) is 2.87. The zero-order valence-corrected chi connectivity index (χ0v) is 14.3. The van der Waals surface area contributed by atoms with E-state index < -0.39 is 0 Å². The molecule has 1 aliphatic heterocycles. The van der Waals surface area contributed by atoms with Gasteiger partial charge in [-0.1, -0.05) is 6.92 Å². The van der Waals surface area contributed by atoms with Gasteiger partial charge in [-0.25, -0.2) is 0 Å². The average molecular weight is 329 g/mol. The van der Waals surface area contributed by atoms with Gasteiger partial charge in [-0.2, -0.15) is 10.1 Å². The molecule has 24 heavy (non-hydrogen) atoms. The van der Waals surface area contributed by atoms with Crippen molar-refractivity contribution < 1.29 is 9.47 Å². The van der Waals surface area contributed by atoms with Crippen LogP contribution in [0.5, 0.6) is 11.5 Å². The van der Waals surface area contributed by atoms with E-state index in [0.29, 0.717) is 23.4 Å². The Morgan fingerprint density at radius 3 is 2.88 bits per heavy atom. The van der Waals surface area contributed by atoms with Crippen molar-refractivity contribution in [3.8, 4) is 11.5 Å². The smallest absolute Gasteiger partial charge is 0.247 e. The van der Waals surface area contributed by atoms with Crippen LogP contribution in [-0.2, 0) is 0 Å². The highest BCUT2D eigenvalue weighted by Gasteiger charge is 2.19. The number of ether oxygens (including phenoxy) is 2. The molecular formula is C17H23N5O2. The lowest BCUT2D eigenvalue weighted by Gasteiger charge is -2.30. The van der Waals surface area contributed by atoms with Crippen molar-refractivity contribution in [2.45, 2.75) is 19.8 Å². The van der Waals surface area contributed by atoms with E-state index in [-0.39, 0.29) is 0 Å². The second-order valence-corrected chi connectivity index (χ2v) is 6.03. The third-order valence-corrected chi connectivity index (χ3v) is 4.16. The summed E-state index contributed by atoms with van der Waals surface area (Å²) in [4.78, 5) is 6.79. The van der Waals surface area contributed by atoms with E-state index in [1.807, 2.05) is 18.2 Å². The standard InChI is InChI=1S/C17H23N5O2/c1-12-5-4-8-22(11-12)17-20-16(10-18-21-17)19-14-7-6-13(23-2)9-15(14)24-3/h6-7,9-10,12H,4-5,8,11H2,1-3H3,(H,19,20,21). The minimum atomic E-state index is 0.640. The number of methoxy groups -OCH3 is 2. The number of nitrogens with one attached hydrogen (secondary N) is 1. The van der Waals surface area contributed by atoms with Crippen LogP contribution >= 0.6 is 0 Å². The average Bonchev–Trinajstić information content (AvgIpc) is 2.62. The summed E-state index contributed by atoms with van der Waals surface area (Å²) < 4.78 is 10.6. The zero-order valence-electron chi connectivity index (χ0n) is 14.3. The SMILES string of the molecule is COc1ccc(Nc2cnnc(N3CCCC(C)C3)n2)c(OC)c1. The molecule has 0 aliphatic carbocycles. The van der Waals surface area contributed by atoms with Crippen LogP contribution in [0.1, 0.15) is 19.8 Å². The number of benzene rings is 1. The molecule has 1 saturated heterocycles. The highest BCUT2D eigenvalue weighted by Crippen LogP contribution is 2.31. The van der Waals surface area contributed by atoms with Crippen LogP contribution in [-0.4, -0.2) is 42.5 Å². The topological polar surface area (TPSA) is 72.4 Å². The van der Waals surface area contributed by atoms with Gasteiger partial charge < -0.3 is 19.7 Å². The lowest BCUT2D eigenvalue weighted by atomic mass is 10.0. The lowest BCUT2D eigenvalue weighted by Crippen LogP contribution is -2.35. The molecule has 3 rings (SSSR count). The number of rotatable bonds is 5. The van der Waals surface area contributed by atoms with Gasteiger partial charge in [-0.15, -0.1) is 5.10 Å². The Balaban J connectivity index is 1.79. The lowest BCUT2D eigenvalue weighted by molar-refractivity contribution is 0.395. The molecule has 7 nitrogen and oxygen atoms in total. The Kier molecular flexibility index (Phi) is 4.98. The van der Waals surface area contributed by atoms with Crippen LogP contribution in [0.3, 0.4) is 0 Å². The van der Waals surface area contributed by atoms with Gasteiger partial charge >= 0.3 is 0 Å². The third kappa shape index (κ3) is 3.67. The minimum Gasteiger partial charge on any atom is -0.497 e. The molecule has 0 saturated carbocycles. The molecule has 0 spiro atoms. The molecule has 128 valence electrons. The van der Waals surface area contributed by atoms with Crippen LogP contribution in [0.15, 0.2) is 24.4 Å². The molecular weight excluding hydrogens is 306 g/mol. The van der Waals surface area contributed by atoms with Gasteiger partial charge in [0, 0.05) is 19.2 Å². The molecule has 0 bridgehead atoms. The van der Waals surface area contributed by atoms with E-state index >= 15 is 0 Å². The molecule has 1 aromatic carbocycles. The van der Waals surface area contributed by atoms with Crippen LogP contribution in [0, 0.1) is 5.92 Å². The fourth-order valence-electron chi connectivity index (χ4n) is 2.90. The Labute approximate surface area is 142 Å². The number of piperidine rings is 1. The second kappa shape index (κ2) is 7.33. The van der Waals surface area contributed by atoms with Crippen molar-refractivity contribution in [2.24, 2.45) is 5.92 Å². The first-order chi connectivity index (χ1) is 11.7. The monoisotopic (exact) mass is 329 g/mol. The van der Waals surface area contributed by atoms with Gasteiger partial charge in [0.25, 0.3) is 0 Å². The van der Waals surface area contributed by atoms with Crippen LogP contribution in [0.4, 0.5) is 17.5 Å². The Morgan fingerprint density at radius 2 is 2.12 bits per heavy atom. The molecule has 1 atom stereocenters. The summed E-state index contributed by atoms with van der Waals surface area (Å²) >= 11 is 0. The first-order valence-corrected chi connectivity index (χ1v) is 8.13. The quantitative estimate of drug-likeness (QED) is 0.904. The fourth-order valence-corrected chi connectivity index (χ4v) is 2.90. The van der Waals surface area contributed by atoms with E-state index in [2.05, 4.69) is 32.3 Å². The van der Waals surface area contributed by atoms with Gasteiger partial charge in [0.1, 0.15) is 11.5 Å². The predicted molar refractivity (Wildman–Crippen MR) is 93.3 cm³/mol. The van der Waals surface area contributed by atoms with Crippen molar-refractivity contribution in [3.63, 3.8) is 0 Å². The Hall–Kier alpha value is -2.57. The van der Waals surface area contributed by atoms with Crippen molar-refractivity contribution in [2.75, 3.05) is 37.5 Å². The molecule has 2 heterocycles. The first-order valence-electron chi connectivity index (χ1n) is 8.13. The Bertz CT molecular complexity index is 694. The van der Waals surface area contributed by atoms with Crippen LogP contribution in [0.25, 0.3) is 0 Å². The summed E-state index contributed by atoms with van der Waals surface area (Å²) in [6, 6.07) is 5.58. The zero-order chi connectivity index (χ0) is 16.9. The highest BCUT2D eigenvalue weighted by molar-refractivity contribution is 5.65. The summed E-state index contributed by atoms with van der Waals surface area (Å²) in [7, 11) is 3.25. The second-order valence-electron chi connectivity index (χ2n) is 6.03. The van der Waals surface area contributed by atoms with E-state index in [1.165, 1.54) is 6.42 Å². The minimum absolute atomic E-state index is 0.640. The number of nitrogens with zero attached hydrogens (tertiary/aromatic N) is 4. The molecule has 1 aliphatic rings. The summed E-state index contributed by atoms with van der Waals surface area (Å²) in [5.74, 6) is 3.38. The first kappa shape index (κ1) is 16.3. The Morgan fingerprint density at radius 1 is 1.25 bits per heavy atom. The van der Waals surface area contributed by atoms with Crippen LogP contribution < -0.4 is 19.7 Å². The molecule has 1 unspecified atom stereocenters. The molecule has 1 fully saturated rings. The number of anilines is 3. The largest absolute Gasteiger partial charge is 0.497 e. The van der Waals surface area contributed by atoms with Gasteiger partial charge in [-0.05, 0) is 30.9 Å². The maximum atomic E-state index is 5.40. The van der Waals surface area contributed by atoms with E-state index in [9.17, 15) is 0 Å². The van der Waals surface area contributed by atoms with Gasteiger partial charge in [0.05, 0.1) is 26.1 Å². The molecule has 1 N–H and O–H groups in total. The van der Waals surface area contributed by atoms with Crippen molar-refractivity contribution in [1.82, 2.24) is 15.2 Å². The molecule has 7 heteroatoms. The molecule has 0 amide bonds. The maximum absolute atomic E-state index is 5.40. The maximum Gasteiger partial charge on any atom is 0.247 e. The van der Waals surface area contributed by atoms with E-state index in [0.717, 1.165) is 30.9 Å². The van der Waals surface area contributed by atoms with Crippen molar-refractivity contribution in [1.29, 1.82) is 0 Å². The fraction of sp³-hybridized carbons (Fsp3) is 0.471. The van der Waals surface area contributed by atoms with Gasteiger partial charge in [0.15, 0.2) is 5.82 Å². The van der Waals surface area contributed by atoms with Crippen LogP contribution in [0.2, 0.25) is 0 Å². The molecule has 0 radical (unpaired) electrons. The molecule has 1 aromatic heterocycles. The number of hydrogen-bond acceptors (Lipinski definition) is 7. The summed E-state index contributed by atoms with van der Waals surface area (Å²) in [5, 5.41) is 11.5. The number of hydrogen-bond donors (Lipinski definition) is 1. The summed E-state index contributed by atoms with van der Waals surface area (Å²) in [5.41, 5.74) is 0.803. The van der Waals surface area contributed by atoms with Gasteiger partial charge in [-0.3, -0.25) is 0 Å². The summed E-state index contributed by atoms with van der Waals surface area (Å²) in [6.07, 6.45) is 4.03. The molecule has 2 aromatic rings. The normalized spacial score (nSPS) is 17.5. The number of aromatic nitrogens is 3. The van der Waals surface area contributed by atoms with E-state index in [4.69, 9.17) is 9.47 Å².